The maximum Gasteiger partial charge on any atom is 0.191 e. The summed E-state index contributed by atoms with van der Waals surface area (Å²) >= 11 is 0. The highest BCUT2D eigenvalue weighted by atomic mass is 127. The van der Waals surface area contributed by atoms with Crippen molar-refractivity contribution in [2.45, 2.75) is 20.4 Å². The summed E-state index contributed by atoms with van der Waals surface area (Å²) in [5.41, 5.74) is 0.856. The number of aliphatic imine (C=N–C) groups is 1. The molecule has 2 N–H and O–H groups in total. The first kappa shape index (κ1) is 22.8. The van der Waals surface area contributed by atoms with Gasteiger partial charge in [0, 0.05) is 52.5 Å². The summed E-state index contributed by atoms with van der Waals surface area (Å²) in [6.07, 6.45) is 1.98. The van der Waals surface area contributed by atoms with Gasteiger partial charge in [-0.3, -0.25) is 9.39 Å². The van der Waals surface area contributed by atoms with Crippen LogP contribution in [0.15, 0.2) is 29.4 Å². The molecule has 1 unspecified atom stereocenters. The zero-order valence-electron chi connectivity index (χ0n) is 17.1. The summed E-state index contributed by atoms with van der Waals surface area (Å²) in [5, 5.41) is 15.2. The van der Waals surface area contributed by atoms with E-state index in [1.807, 2.05) is 28.8 Å². The molecule has 0 spiro atoms. The summed E-state index contributed by atoms with van der Waals surface area (Å²) < 4.78 is 1.98. The van der Waals surface area contributed by atoms with Crippen molar-refractivity contribution < 1.29 is 0 Å². The molecule has 8 nitrogen and oxygen atoms in total. The van der Waals surface area contributed by atoms with Gasteiger partial charge in [-0.25, -0.2) is 0 Å². The summed E-state index contributed by atoms with van der Waals surface area (Å²) in [6, 6.07) is 5.89. The molecule has 9 heteroatoms. The van der Waals surface area contributed by atoms with Gasteiger partial charge < -0.3 is 20.4 Å². The Hall–Kier alpha value is -1.46. The highest BCUT2D eigenvalue weighted by molar-refractivity contribution is 14.0. The molecule has 3 heterocycles. The van der Waals surface area contributed by atoms with Crippen molar-refractivity contribution in [3.05, 3.63) is 30.2 Å². The van der Waals surface area contributed by atoms with Crippen LogP contribution in [0.2, 0.25) is 0 Å². The summed E-state index contributed by atoms with van der Waals surface area (Å²) in [7, 11) is 1.80. The molecule has 0 saturated carbocycles. The first-order valence-corrected chi connectivity index (χ1v) is 9.87. The van der Waals surface area contributed by atoms with Crippen LogP contribution in [-0.4, -0.2) is 83.2 Å². The fraction of sp³-hybridized carbons (Fsp3) is 0.632. The minimum Gasteiger partial charge on any atom is -0.356 e. The van der Waals surface area contributed by atoms with E-state index in [0.717, 1.165) is 37.1 Å². The number of halogens is 1. The molecule has 0 amide bonds. The third-order valence-electron chi connectivity index (χ3n) is 5.12. The molecule has 3 rings (SSSR count). The Labute approximate surface area is 184 Å². The van der Waals surface area contributed by atoms with Crippen molar-refractivity contribution >= 4 is 35.6 Å². The quantitative estimate of drug-likeness (QED) is 0.339. The third-order valence-corrected chi connectivity index (χ3v) is 5.12. The monoisotopic (exact) mass is 500 g/mol. The highest BCUT2D eigenvalue weighted by Gasteiger charge is 2.17. The average Bonchev–Trinajstić information content (AvgIpc) is 3.12. The standard InChI is InChI=1S/C19H32N8.HI/c1-4-25-9-11-26(12-10-25)15-16(2)13-21-19(20-3)22-14-18-24-23-17-7-5-6-8-27(17)18;/h5-8,16H,4,9-15H2,1-3H3,(H2,20,21,22);1H. The maximum atomic E-state index is 4.32. The molecule has 1 aliphatic rings. The van der Waals surface area contributed by atoms with Crippen LogP contribution in [0, 0.1) is 5.92 Å². The van der Waals surface area contributed by atoms with Gasteiger partial charge in [0.1, 0.15) is 0 Å². The zero-order valence-corrected chi connectivity index (χ0v) is 19.5. The molecule has 0 radical (unpaired) electrons. The highest BCUT2D eigenvalue weighted by Crippen LogP contribution is 2.05. The van der Waals surface area contributed by atoms with E-state index >= 15 is 0 Å². The number of guanidine groups is 1. The third kappa shape index (κ3) is 6.28. The first-order valence-electron chi connectivity index (χ1n) is 9.87. The van der Waals surface area contributed by atoms with Gasteiger partial charge in [-0.05, 0) is 24.6 Å². The Morgan fingerprint density at radius 3 is 2.61 bits per heavy atom. The predicted molar refractivity (Wildman–Crippen MR) is 124 cm³/mol. The lowest BCUT2D eigenvalue weighted by Gasteiger charge is -2.35. The van der Waals surface area contributed by atoms with Gasteiger partial charge in [-0.15, -0.1) is 34.2 Å². The number of aromatic nitrogens is 3. The van der Waals surface area contributed by atoms with Crippen LogP contribution in [0.3, 0.4) is 0 Å². The van der Waals surface area contributed by atoms with Crippen LogP contribution < -0.4 is 10.6 Å². The Bertz CT molecular complexity index is 738. The number of fused-ring (bicyclic) bond motifs is 1. The summed E-state index contributed by atoms with van der Waals surface area (Å²) in [4.78, 5) is 9.40. The lowest BCUT2D eigenvalue weighted by atomic mass is 10.1. The van der Waals surface area contributed by atoms with Gasteiger partial charge in [0.15, 0.2) is 17.4 Å². The van der Waals surface area contributed by atoms with Crippen LogP contribution in [0.25, 0.3) is 5.65 Å². The van der Waals surface area contributed by atoms with E-state index in [1.165, 1.54) is 26.2 Å². The number of likely N-dealkylation sites (N-methyl/N-ethyl adjacent to an activating group) is 1. The van der Waals surface area contributed by atoms with Crippen molar-refractivity contribution in [2.75, 3.05) is 52.9 Å². The number of hydrogen-bond donors (Lipinski definition) is 2. The predicted octanol–water partition coefficient (Wildman–Crippen LogP) is 1.29. The smallest absolute Gasteiger partial charge is 0.191 e. The fourth-order valence-electron chi connectivity index (χ4n) is 3.46. The SMILES string of the molecule is CCN1CCN(CC(C)CNC(=NC)NCc2nnc3ccccn23)CC1.I. The summed E-state index contributed by atoms with van der Waals surface area (Å²) in [6.45, 7) is 13.0. The lowest BCUT2D eigenvalue weighted by Crippen LogP contribution is -2.48. The first-order chi connectivity index (χ1) is 13.2. The Balaban J connectivity index is 0.00000280. The van der Waals surface area contributed by atoms with Crippen LogP contribution in [0.5, 0.6) is 0 Å². The molecular formula is C19H33IN8. The number of rotatable bonds is 7. The number of nitrogens with one attached hydrogen (secondary N) is 2. The zero-order chi connectivity index (χ0) is 19.1. The van der Waals surface area contributed by atoms with E-state index in [9.17, 15) is 0 Å². The van der Waals surface area contributed by atoms with Crippen LogP contribution in [0.4, 0.5) is 0 Å². The van der Waals surface area contributed by atoms with Crippen molar-refractivity contribution in [1.82, 2.24) is 35.0 Å². The molecule has 1 saturated heterocycles. The molecule has 1 fully saturated rings. The Morgan fingerprint density at radius 1 is 1.14 bits per heavy atom. The average molecular weight is 500 g/mol. The van der Waals surface area contributed by atoms with Crippen molar-refractivity contribution in [2.24, 2.45) is 10.9 Å². The van der Waals surface area contributed by atoms with Crippen LogP contribution >= 0.6 is 24.0 Å². The van der Waals surface area contributed by atoms with Gasteiger partial charge in [0.25, 0.3) is 0 Å². The van der Waals surface area contributed by atoms with Gasteiger partial charge in [0.05, 0.1) is 6.54 Å². The van der Waals surface area contributed by atoms with E-state index in [0.29, 0.717) is 12.5 Å². The normalized spacial score (nSPS) is 17.3. The molecule has 1 atom stereocenters. The molecule has 156 valence electrons. The molecule has 28 heavy (non-hydrogen) atoms. The van der Waals surface area contributed by atoms with Crippen molar-refractivity contribution in [3.63, 3.8) is 0 Å². The van der Waals surface area contributed by atoms with Gasteiger partial charge >= 0.3 is 0 Å². The minimum absolute atomic E-state index is 0. The Morgan fingerprint density at radius 2 is 1.89 bits per heavy atom. The second-order valence-electron chi connectivity index (χ2n) is 7.19. The number of piperazine rings is 1. The molecule has 2 aromatic rings. The number of nitrogens with zero attached hydrogens (tertiary/aromatic N) is 6. The minimum atomic E-state index is 0. The Kier molecular flexibility index (Phi) is 9.39. The second-order valence-corrected chi connectivity index (χ2v) is 7.19. The summed E-state index contributed by atoms with van der Waals surface area (Å²) in [5.74, 6) is 2.23. The second kappa shape index (κ2) is 11.5. The molecular weight excluding hydrogens is 467 g/mol. The molecule has 1 aliphatic heterocycles. The van der Waals surface area contributed by atoms with E-state index in [1.54, 1.807) is 7.05 Å². The molecule has 0 bridgehead atoms. The fourth-order valence-corrected chi connectivity index (χ4v) is 3.46. The maximum absolute atomic E-state index is 4.32. The molecule has 2 aromatic heterocycles. The van der Waals surface area contributed by atoms with Crippen molar-refractivity contribution in [3.8, 4) is 0 Å². The number of pyridine rings is 1. The van der Waals surface area contributed by atoms with Crippen LogP contribution in [-0.2, 0) is 6.54 Å². The van der Waals surface area contributed by atoms with Gasteiger partial charge in [0.2, 0.25) is 0 Å². The van der Waals surface area contributed by atoms with E-state index < -0.39 is 0 Å². The topological polar surface area (TPSA) is 73.1 Å². The largest absolute Gasteiger partial charge is 0.356 e. The molecule has 0 aromatic carbocycles. The van der Waals surface area contributed by atoms with Crippen LogP contribution in [0.1, 0.15) is 19.7 Å². The van der Waals surface area contributed by atoms with E-state index in [4.69, 9.17) is 0 Å². The van der Waals surface area contributed by atoms with E-state index in [-0.39, 0.29) is 24.0 Å². The van der Waals surface area contributed by atoms with E-state index in [2.05, 4.69) is 49.5 Å². The number of hydrogen-bond acceptors (Lipinski definition) is 5. The lowest BCUT2D eigenvalue weighted by molar-refractivity contribution is 0.124. The van der Waals surface area contributed by atoms with Gasteiger partial charge in [-0.2, -0.15) is 0 Å². The van der Waals surface area contributed by atoms with Crippen molar-refractivity contribution in [1.29, 1.82) is 0 Å². The molecule has 0 aliphatic carbocycles. The van der Waals surface area contributed by atoms with Gasteiger partial charge in [-0.1, -0.05) is 19.9 Å².